The van der Waals surface area contributed by atoms with Gasteiger partial charge in [-0.3, -0.25) is 28.6 Å². The highest BCUT2D eigenvalue weighted by Crippen LogP contribution is 2.22. The molecule has 1 saturated heterocycles. The third kappa shape index (κ3) is 2.82. The number of thioether (sulfide) groups is 1. The Kier molecular flexibility index (Phi) is 4.31. The van der Waals surface area contributed by atoms with E-state index in [1.807, 2.05) is 12.3 Å². The summed E-state index contributed by atoms with van der Waals surface area (Å²) in [7, 11) is 0. The average molecular weight is 392 g/mol. The summed E-state index contributed by atoms with van der Waals surface area (Å²) < 4.78 is 1.64. The summed E-state index contributed by atoms with van der Waals surface area (Å²) in [4.78, 5) is 56.6. The number of carbonyl (C=O) groups is 3. The van der Waals surface area contributed by atoms with Crippen molar-refractivity contribution >= 4 is 50.4 Å². The molecule has 2 aliphatic rings. The number of rotatable bonds is 2. The van der Waals surface area contributed by atoms with Crippen molar-refractivity contribution in [2.45, 2.75) is 19.9 Å². The predicted octanol–water partition coefficient (Wildman–Crippen LogP) is 0.847. The molecular weight excluding hydrogens is 376 g/mol. The second kappa shape index (κ2) is 6.51. The smallest absolute Gasteiger partial charge is 0.289 e. The summed E-state index contributed by atoms with van der Waals surface area (Å²) in [5, 5.41) is 2.19. The molecule has 0 radical (unpaired) electrons. The lowest BCUT2D eigenvalue weighted by atomic mass is 10.2. The van der Waals surface area contributed by atoms with Crippen molar-refractivity contribution in [1.82, 2.24) is 19.4 Å². The van der Waals surface area contributed by atoms with Crippen molar-refractivity contribution in [2.75, 3.05) is 25.4 Å². The molecule has 4 heterocycles. The number of thiophene rings is 1. The zero-order chi connectivity index (χ0) is 18.4. The van der Waals surface area contributed by atoms with E-state index in [2.05, 4.69) is 4.98 Å². The molecule has 0 aliphatic carbocycles. The molecule has 0 spiro atoms. The molecule has 3 amide bonds. The highest BCUT2D eigenvalue weighted by Gasteiger charge is 2.33. The summed E-state index contributed by atoms with van der Waals surface area (Å²) in [5.41, 5.74) is 0.845. The molecule has 0 bridgehead atoms. The van der Waals surface area contributed by atoms with Crippen molar-refractivity contribution < 1.29 is 14.4 Å². The van der Waals surface area contributed by atoms with Gasteiger partial charge >= 0.3 is 0 Å². The number of carbonyl (C=O) groups excluding carboxylic acids is 3. The predicted molar refractivity (Wildman–Crippen MR) is 98.5 cm³/mol. The van der Waals surface area contributed by atoms with Crippen LogP contribution in [0.3, 0.4) is 0 Å². The van der Waals surface area contributed by atoms with E-state index in [9.17, 15) is 19.2 Å². The summed E-state index contributed by atoms with van der Waals surface area (Å²) in [6.45, 7) is 2.77. The molecule has 8 nitrogen and oxygen atoms in total. The van der Waals surface area contributed by atoms with E-state index in [4.69, 9.17) is 0 Å². The normalized spacial score (nSPS) is 17.7. The standard InChI is InChI=1S/C16H16N4O4S2/c1-9-7-25-14-13(9)15(23)19-5-4-18(3-2-10(19)17-14)11(21)6-20-12(22)8-26-16(20)24/h7H,2-6,8H2,1H3. The molecule has 2 aromatic rings. The monoisotopic (exact) mass is 392 g/mol. The number of nitrogens with zero attached hydrogens (tertiary/aromatic N) is 4. The van der Waals surface area contributed by atoms with Crippen molar-refractivity contribution in [3.63, 3.8) is 0 Å². The van der Waals surface area contributed by atoms with E-state index in [0.717, 1.165) is 27.1 Å². The van der Waals surface area contributed by atoms with Crippen LogP contribution < -0.4 is 5.56 Å². The van der Waals surface area contributed by atoms with Gasteiger partial charge < -0.3 is 4.90 Å². The van der Waals surface area contributed by atoms with E-state index in [1.165, 1.54) is 11.3 Å². The van der Waals surface area contributed by atoms with Crippen LogP contribution in [-0.2, 0) is 22.6 Å². The average Bonchev–Trinajstić information content (AvgIpc) is 3.03. The fraction of sp³-hybridized carbons (Fsp3) is 0.438. The summed E-state index contributed by atoms with van der Waals surface area (Å²) in [6.07, 6.45) is 0.463. The Balaban J connectivity index is 1.55. The van der Waals surface area contributed by atoms with Crippen molar-refractivity contribution in [3.8, 4) is 0 Å². The number of imide groups is 1. The molecule has 0 unspecified atom stereocenters. The van der Waals surface area contributed by atoms with Crippen LogP contribution in [0.5, 0.6) is 0 Å². The van der Waals surface area contributed by atoms with Crippen LogP contribution in [0.4, 0.5) is 4.79 Å². The molecule has 2 aromatic heterocycles. The van der Waals surface area contributed by atoms with E-state index in [1.54, 1.807) is 9.47 Å². The molecule has 2 aliphatic heterocycles. The molecule has 10 heteroatoms. The maximum atomic E-state index is 12.8. The fourth-order valence-electron chi connectivity index (χ4n) is 3.21. The van der Waals surface area contributed by atoms with Gasteiger partial charge in [0.05, 0.1) is 11.1 Å². The minimum atomic E-state index is -0.380. The highest BCUT2D eigenvalue weighted by molar-refractivity contribution is 8.14. The molecule has 1 fully saturated rings. The van der Waals surface area contributed by atoms with E-state index >= 15 is 0 Å². The van der Waals surface area contributed by atoms with Gasteiger partial charge in [-0.1, -0.05) is 11.8 Å². The second-order valence-corrected chi connectivity index (χ2v) is 8.03. The minimum absolute atomic E-state index is 0.0700. The van der Waals surface area contributed by atoms with Gasteiger partial charge in [-0.25, -0.2) is 4.98 Å². The molecular formula is C16H16N4O4S2. The third-order valence-electron chi connectivity index (χ3n) is 4.64. The lowest BCUT2D eigenvalue weighted by Gasteiger charge is -2.22. The summed E-state index contributed by atoms with van der Waals surface area (Å²) in [5.74, 6) is 0.143. The van der Waals surface area contributed by atoms with Crippen LogP contribution >= 0.6 is 23.1 Å². The van der Waals surface area contributed by atoms with E-state index in [-0.39, 0.29) is 34.9 Å². The van der Waals surface area contributed by atoms with E-state index < -0.39 is 0 Å². The van der Waals surface area contributed by atoms with Gasteiger partial charge in [-0.15, -0.1) is 11.3 Å². The quantitative estimate of drug-likeness (QED) is 0.752. The zero-order valence-electron chi connectivity index (χ0n) is 14.1. The lowest BCUT2D eigenvalue weighted by molar-refractivity contribution is -0.136. The van der Waals surface area contributed by atoms with Gasteiger partial charge in [-0.2, -0.15) is 0 Å². The fourth-order valence-corrected chi connectivity index (χ4v) is 4.87. The summed E-state index contributed by atoms with van der Waals surface area (Å²) in [6, 6.07) is 0. The van der Waals surface area contributed by atoms with E-state index in [0.29, 0.717) is 37.3 Å². The SMILES string of the molecule is Cc1csc2nc3n(c(=O)c12)CCN(C(=O)CN1C(=O)CSC1=O)CC3. The Bertz CT molecular complexity index is 980. The molecule has 0 N–H and O–H groups in total. The van der Waals surface area contributed by atoms with Crippen molar-refractivity contribution in [2.24, 2.45) is 0 Å². The largest absolute Gasteiger partial charge is 0.339 e. The highest BCUT2D eigenvalue weighted by atomic mass is 32.2. The maximum absolute atomic E-state index is 12.8. The Hall–Kier alpha value is -2.20. The molecule has 26 heavy (non-hydrogen) atoms. The Labute approximate surface area is 156 Å². The number of aryl methyl sites for hydroxylation is 1. The van der Waals surface area contributed by atoms with Gasteiger partial charge in [0.15, 0.2) is 0 Å². The number of hydrogen-bond donors (Lipinski definition) is 0. The van der Waals surface area contributed by atoms with Gasteiger partial charge in [-0.05, 0) is 17.9 Å². The lowest BCUT2D eigenvalue weighted by Crippen LogP contribution is -2.43. The first-order chi connectivity index (χ1) is 12.5. The molecule has 4 rings (SSSR count). The first-order valence-corrected chi connectivity index (χ1v) is 10.0. The Morgan fingerprint density at radius 3 is 2.77 bits per heavy atom. The van der Waals surface area contributed by atoms with Gasteiger partial charge in [0.1, 0.15) is 17.2 Å². The number of hydrogen-bond acceptors (Lipinski definition) is 7. The number of amides is 3. The Morgan fingerprint density at radius 1 is 1.23 bits per heavy atom. The first kappa shape index (κ1) is 17.2. The topological polar surface area (TPSA) is 92.6 Å². The molecule has 0 atom stereocenters. The van der Waals surface area contributed by atoms with Crippen LogP contribution in [-0.4, -0.2) is 61.8 Å². The van der Waals surface area contributed by atoms with Gasteiger partial charge in [0.25, 0.3) is 10.8 Å². The van der Waals surface area contributed by atoms with Crippen molar-refractivity contribution in [1.29, 1.82) is 0 Å². The third-order valence-corrected chi connectivity index (χ3v) is 6.49. The van der Waals surface area contributed by atoms with Crippen LogP contribution in [0.1, 0.15) is 11.4 Å². The van der Waals surface area contributed by atoms with Crippen molar-refractivity contribution in [3.05, 3.63) is 27.1 Å². The maximum Gasteiger partial charge on any atom is 0.289 e. The van der Waals surface area contributed by atoms with Crippen LogP contribution in [0.2, 0.25) is 0 Å². The van der Waals surface area contributed by atoms with Gasteiger partial charge in [0.2, 0.25) is 11.8 Å². The molecule has 0 saturated carbocycles. The molecule has 136 valence electrons. The van der Waals surface area contributed by atoms with Crippen LogP contribution in [0, 0.1) is 6.92 Å². The zero-order valence-corrected chi connectivity index (χ0v) is 15.7. The minimum Gasteiger partial charge on any atom is -0.339 e. The second-order valence-electron chi connectivity index (χ2n) is 6.25. The number of aromatic nitrogens is 2. The van der Waals surface area contributed by atoms with Crippen LogP contribution in [0.15, 0.2) is 10.2 Å². The van der Waals surface area contributed by atoms with Crippen LogP contribution in [0.25, 0.3) is 10.2 Å². The molecule has 0 aromatic carbocycles. The first-order valence-electron chi connectivity index (χ1n) is 8.18. The summed E-state index contributed by atoms with van der Waals surface area (Å²) >= 11 is 2.36. The van der Waals surface area contributed by atoms with Gasteiger partial charge in [0, 0.05) is 26.1 Å². The Morgan fingerprint density at radius 2 is 2.04 bits per heavy atom. The number of fused-ring (bicyclic) bond motifs is 2.